The zero-order valence-electron chi connectivity index (χ0n) is 7.20. The Morgan fingerprint density at radius 3 is 2.92 bits per heavy atom. The van der Waals surface area contributed by atoms with Gasteiger partial charge in [0.05, 0.1) is 5.75 Å². The molecule has 1 heterocycles. The largest absolute Gasteiger partial charge is 0.273 e. The first-order valence-electron chi connectivity index (χ1n) is 3.94. The number of thioether (sulfide) groups is 1. The summed E-state index contributed by atoms with van der Waals surface area (Å²) in [6.45, 7) is 1.90. The number of hydrogen-bond acceptors (Lipinski definition) is 4. The lowest BCUT2D eigenvalue weighted by Gasteiger charge is -2.15. The predicted molar refractivity (Wildman–Crippen MR) is 55.0 cm³/mol. The van der Waals surface area contributed by atoms with Gasteiger partial charge in [-0.15, -0.1) is 0 Å². The minimum Gasteiger partial charge on any atom is -0.273 e. The van der Waals surface area contributed by atoms with Crippen molar-refractivity contribution in [2.75, 3.05) is 5.75 Å². The summed E-state index contributed by atoms with van der Waals surface area (Å²) in [6, 6.07) is 0. The summed E-state index contributed by atoms with van der Waals surface area (Å²) in [7, 11) is 0. The van der Waals surface area contributed by atoms with Gasteiger partial charge in [0.15, 0.2) is 4.32 Å². The molecule has 0 unspecified atom stereocenters. The Kier molecular flexibility index (Phi) is 3.68. The van der Waals surface area contributed by atoms with E-state index in [1.54, 1.807) is 0 Å². The molecule has 0 atom stereocenters. The van der Waals surface area contributed by atoms with Gasteiger partial charge in [-0.2, -0.15) is 0 Å². The molecular weight excluding hydrogens is 208 g/mol. The Bertz CT molecular complexity index is 239. The first-order chi connectivity index (χ1) is 6.15. The van der Waals surface area contributed by atoms with Crippen LogP contribution in [-0.2, 0) is 9.59 Å². The van der Waals surface area contributed by atoms with Crippen molar-refractivity contribution in [1.29, 1.82) is 0 Å². The van der Waals surface area contributed by atoms with Gasteiger partial charge in [-0.05, 0) is 6.42 Å². The lowest BCUT2D eigenvalue weighted by atomic mass is 10.3. The lowest BCUT2D eigenvalue weighted by molar-refractivity contribution is -0.134. The van der Waals surface area contributed by atoms with Gasteiger partial charge >= 0.3 is 0 Å². The highest BCUT2D eigenvalue weighted by atomic mass is 32.2. The third-order valence-electron chi connectivity index (χ3n) is 1.46. The molecule has 1 aliphatic heterocycles. The molecule has 1 N–H and O–H groups in total. The van der Waals surface area contributed by atoms with Crippen molar-refractivity contribution < 1.29 is 9.59 Å². The van der Waals surface area contributed by atoms with E-state index < -0.39 is 0 Å². The van der Waals surface area contributed by atoms with E-state index in [-0.39, 0.29) is 11.8 Å². The van der Waals surface area contributed by atoms with E-state index in [0.29, 0.717) is 16.5 Å². The van der Waals surface area contributed by atoms with E-state index in [0.717, 1.165) is 11.4 Å². The lowest BCUT2D eigenvalue weighted by Crippen LogP contribution is -2.44. The number of amides is 2. The molecule has 72 valence electrons. The smallest absolute Gasteiger partial charge is 0.257 e. The summed E-state index contributed by atoms with van der Waals surface area (Å²) >= 11 is 6.14. The quantitative estimate of drug-likeness (QED) is 0.708. The minimum absolute atomic E-state index is 0.153. The molecule has 4 nitrogen and oxygen atoms in total. The van der Waals surface area contributed by atoms with Crippen molar-refractivity contribution in [3.8, 4) is 0 Å². The Labute approximate surface area is 86.0 Å². The third-order valence-corrected chi connectivity index (χ3v) is 2.82. The Morgan fingerprint density at radius 1 is 1.77 bits per heavy atom. The number of nitrogens with one attached hydrogen (secondary N) is 1. The fourth-order valence-electron chi connectivity index (χ4n) is 0.870. The van der Waals surface area contributed by atoms with E-state index in [2.05, 4.69) is 5.43 Å². The molecular formula is C7H10N2O2S2. The first kappa shape index (κ1) is 10.5. The maximum absolute atomic E-state index is 11.1. The van der Waals surface area contributed by atoms with Crippen LogP contribution >= 0.6 is 24.0 Å². The monoisotopic (exact) mass is 218 g/mol. The van der Waals surface area contributed by atoms with Crippen molar-refractivity contribution in [2.24, 2.45) is 0 Å². The SMILES string of the molecule is CCCC(=O)NN1C(=O)CSC1=S. The van der Waals surface area contributed by atoms with Gasteiger partial charge in [0.1, 0.15) is 0 Å². The van der Waals surface area contributed by atoms with Crippen LogP contribution in [0.25, 0.3) is 0 Å². The molecule has 1 aliphatic rings. The van der Waals surface area contributed by atoms with E-state index in [1.165, 1.54) is 11.8 Å². The van der Waals surface area contributed by atoms with Gasteiger partial charge in [0.25, 0.3) is 5.91 Å². The number of rotatable bonds is 3. The van der Waals surface area contributed by atoms with Gasteiger partial charge in [-0.3, -0.25) is 15.0 Å². The van der Waals surface area contributed by atoms with Crippen LogP contribution in [0.5, 0.6) is 0 Å². The van der Waals surface area contributed by atoms with Gasteiger partial charge in [0.2, 0.25) is 5.91 Å². The number of carbonyl (C=O) groups is 2. The van der Waals surface area contributed by atoms with Gasteiger partial charge in [-0.1, -0.05) is 30.9 Å². The molecule has 0 saturated carbocycles. The summed E-state index contributed by atoms with van der Waals surface area (Å²) in [5.74, 6) is 0.00534. The van der Waals surface area contributed by atoms with Crippen molar-refractivity contribution >= 4 is 40.1 Å². The molecule has 13 heavy (non-hydrogen) atoms. The topological polar surface area (TPSA) is 49.4 Å². The van der Waals surface area contributed by atoms with Crippen LogP contribution in [0.3, 0.4) is 0 Å². The molecule has 0 spiro atoms. The normalized spacial score (nSPS) is 16.5. The average molecular weight is 218 g/mol. The number of thiocarbonyl (C=S) groups is 1. The van der Waals surface area contributed by atoms with Crippen molar-refractivity contribution in [2.45, 2.75) is 19.8 Å². The molecule has 0 aromatic carbocycles. The Balaban J connectivity index is 2.48. The maximum Gasteiger partial charge on any atom is 0.257 e. The van der Waals surface area contributed by atoms with E-state index >= 15 is 0 Å². The molecule has 2 amide bonds. The summed E-state index contributed by atoms with van der Waals surface area (Å²) in [5.41, 5.74) is 2.46. The van der Waals surface area contributed by atoms with Gasteiger partial charge < -0.3 is 0 Å². The van der Waals surface area contributed by atoms with E-state index in [1.807, 2.05) is 6.92 Å². The fraction of sp³-hybridized carbons (Fsp3) is 0.571. The number of nitrogens with zero attached hydrogens (tertiary/aromatic N) is 1. The molecule has 0 aromatic heterocycles. The van der Waals surface area contributed by atoms with Crippen molar-refractivity contribution in [3.05, 3.63) is 0 Å². The average Bonchev–Trinajstić information content (AvgIpc) is 2.36. The number of hydrazine groups is 1. The highest BCUT2D eigenvalue weighted by Gasteiger charge is 2.27. The highest BCUT2D eigenvalue weighted by molar-refractivity contribution is 8.23. The molecule has 6 heteroatoms. The maximum atomic E-state index is 11.1. The molecule has 0 aliphatic carbocycles. The zero-order chi connectivity index (χ0) is 9.84. The van der Waals surface area contributed by atoms with Crippen LogP contribution in [0, 0.1) is 0 Å². The van der Waals surface area contributed by atoms with Crippen LogP contribution in [0.4, 0.5) is 0 Å². The predicted octanol–water partition coefficient (Wildman–Crippen LogP) is 0.678. The Hall–Kier alpha value is -0.620. The number of carbonyl (C=O) groups excluding carboxylic acids is 2. The standard InChI is InChI=1S/C7H10N2O2S2/c1-2-3-5(10)8-9-6(11)4-13-7(9)12/h2-4H2,1H3,(H,8,10). The van der Waals surface area contributed by atoms with Crippen LogP contribution in [-0.4, -0.2) is 26.9 Å². The van der Waals surface area contributed by atoms with Crippen molar-refractivity contribution in [1.82, 2.24) is 10.4 Å². The fourth-order valence-corrected chi connectivity index (χ4v) is 1.85. The van der Waals surface area contributed by atoms with Gasteiger partial charge in [-0.25, -0.2) is 5.01 Å². The summed E-state index contributed by atoms with van der Waals surface area (Å²) in [6.07, 6.45) is 1.17. The second-order valence-corrected chi connectivity index (χ2v) is 4.18. The molecule has 1 rings (SSSR count). The van der Waals surface area contributed by atoms with Crippen LogP contribution < -0.4 is 5.43 Å². The highest BCUT2D eigenvalue weighted by Crippen LogP contribution is 2.16. The minimum atomic E-state index is -0.166. The molecule has 0 bridgehead atoms. The summed E-state index contributed by atoms with van der Waals surface area (Å²) in [5, 5.41) is 1.15. The molecule has 0 aromatic rings. The summed E-state index contributed by atoms with van der Waals surface area (Å²) in [4.78, 5) is 22.2. The zero-order valence-corrected chi connectivity index (χ0v) is 8.83. The molecule has 1 saturated heterocycles. The summed E-state index contributed by atoms with van der Waals surface area (Å²) < 4.78 is 0.425. The number of hydrogen-bond donors (Lipinski definition) is 1. The van der Waals surface area contributed by atoms with E-state index in [9.17, 15) is 9.59 Å². The second kappa shape index (κ2) is 4.57. The second-order valence-electron chi connectivity index (χ2n) is 2.57. The van der Waals surface area contributed by atoms with Gasteiger partial charge in [0, 0.05) is 6.42 Å². The first-order valence-corrected chi connectivity index (χ1v) is 5.33. The van der Waals surface area contributed by atoms with Crippen LogP contribution in [0.15, 0.2) is 0 Å². The van der Waals surface area contributed by atoms with E-state index in [4.69, 9.17) is 12.2 Å². The van der Waals surface area contributed by atoms with Crippen molar-refractivity contribution in [3.63, 3.8) is 0 Å². The third kappa shape index (κ3) is 2.67. The van der Waals surface area contributed by atoms with Crippen LogP contribution in [0.2, 0.25) is 0 Å². The molecule has 0 radical (unpaired) electrons. The Morgan fingerprint density at radius 2 is 2.46 bits per heavy atom. The molecule has 1 fully saturated rings. The van der Waals surface area contributed by atoms with Crippen LogP contribution in [0.1, 0.15) is 19.8 Å².